The Morgan fingerprint density at radius 3 is 2.64 bits per heavy atom. The smallest absolute Gasteiger partial charge is 0.255 e. The first-order valence-electron chi connectivity index (χ1n) is 9.43. The lowest BCUT2D eigenvalue weighted by Crippen LogP contribution is -2.66. The first-order chi connectivity index (χ1) is 13.5. The van der Waals surface area contributed by atoms with Crippen molar-refractivity contribution >= 4 is 34.3 Å². The van der Waals surface area contributed by atoms with Crippen LogP contribution in [0.5, 0.6) is 0 Å². The number of halogens is 1. The molecule has 5 rings (SSSR count). The van der Waals surface area contributed by atoms with Gasteiger partial charge in [-0.3, -0.25) is 9.59 Å². The molecule has 3 aromatic rings. The van der Waals surface area contributed by atoms with Crippen molar-refractivity contribution in [2.24, 2.45) is 0 Å². The molecule has 2 aliphatic rings. The molecule has 1 saturated heterocycles. The number of carbonyl (C=O) groups excluding carboxylic acids is 2. The summed E-state index contributed by atoms with van der Waals surface area (Å²) in [4.78, 5) is 33.4. The van der Waals surface area contributed by atoms with Crippen molar-refractivity contribution in [2.45, 2.75) is 25.4 Å². The molecule has 28 heavy (non-hydrogen) atoms. The third-order valence-electron chi connectivity index (χ3n) is 6.04. The zero-order valence-electron chi connectivity index (χ0n) is 15.5. The highest BCUT2D eigenvalue weighted by molar-refractivity contribution is 6.30. The quantitative estimate of drug-likeness (QED) is 0.724. The predicted octanol–water partition coefficient (Wildman–Crippen LogP) is 3.46. The molecule has 1 N–H and O–H groups in total. The number of amides is 2. The molecular weight excluding hydrogens is 374 g/mol. The summed E-state index contributed by atoms with van der Waals surface area (Å²) in [5.41, 5.74) is 2.94. The topological polar surface area (TPSA) is 56.4 Å². The van der Waals surface area contributed by atoms with Gasteiger partial charge in [0.1, 0.15) is 6.54 Å². The number of H-pyrrole nitrogens is 1. The molecule has 5 nitrogen and oxygen atoms in total. The summed E-state index contributed by atoms with van der Waals surface area (Å²) in [5, 5.41) is 1.78. The summed E-state index contributed by atoms with van der Waals surface area (Å²) in [7, 11) is 0. The van der Waals surface area contributed by atoms with Crippen LogP contribution in [-0.2, 0) is 28.1 Å². The molecule has 0 aliphatic carbocycles. The number of nitrogens with one attached hydrogen (secondary N) is 1. The summed E-state index contributed by atoms with van der Waals surface area (Å²) in [6.07, 6.45) is 0.755. The van der Waals surface area contributed by atoms with Crippen LogP contribution in [0.25, 0.3) is 10.9 Å². The van der Waals surface area contributed by atoms with Crippen LogP contribution >= 0.6 is 11.6 Å². The maximum absolute atomic E-state index is 13.6. The van der Waals surface area contributed by atoms with Crippen LogP contribution in [0.3, 0.4) is 0 Å². The SMILES string of the molecule is CC12C(=O)N(Cc3ccc(Cl)cc3)CC(=O)N1CCc1c2[nH]c2ccccc12. The maximum atomic E-state index is 13.6. The van der Waals surface area contributed by atoms with Crippen molar-refractivity contribution < 1.29 is 9.59 Å². The van der Waals surface area contributed by atoms with Crippen LogP contribution in [-0.4, -0.2) is 39.7 Å². The molecular formula is C22H20ClN3O2. The van der Waals surface area contributed by atoms with Gasteiger partial charge in [-0.15, -0.1) is 0 Å². The van der Waals surface area contributed by atoms with E-state index in [9.17, 15) is 9.59 Å². The monoisotopic (exact) mass is 393 g/mol. The molecule has 1 atom stereocenters. The van der Waals surface area contributed by atoms with E-state index in [1.54, 1.807) is 21.9 Å². The second-order valence-corrected chi connectivity index (χ2v) is 8.12. The lowest BCUT2D eigenvalue weighted by atomic mass is 9.83. The maximum Gasteiger partial charge on any atom is 0.255 e. The lowest BCUT2D eigenvalue weighted by Gasteiger charge is -2.49. The molecule has 1 aromatic heterocycles. The van der Waals surface area contributed by atoms with Gasteiger partial charge >= 0.3 is 0 Å². The largest absolute Gasteiger partial charge is 0.356 e. The van der Waals surface area contributed by atoms with Gasteiger partial charge in [0.2, 0.25) is 5.91 Å². The third kappa shape index (κ3) is 2.39. The molecule has 142 valence electrons. The Hall–Kier alpha value is -2.79. The predicted molar refractivity (Wildman–Crippen MR) is 108 cm³/mol. The van der Waals surface area contributed by atoms with E-state index in [-0.39, 0.29) is 18.4 Å². The molecule has 6 heteroatoms. The van der Waals surface area contributed by atoms with Gasteiger partial charge < -0.3 is 14.8 Å². The Labute approximate surface area is 167 Å². The number of fused-ring (bicyclic) bond motifs is 5. The zero-order valence-corrected chi connectivity index (χ0v) is 16.3. The average Bonchev–Trinajstić information content (AvgIpc) is 3.08. The fraction of sp³-hybridized carbons (Fsp3) is 0.273. The summed E-state index contributed by atoms with van der Waals surface area (Å²) in [6.45, 7) is 2.92. The minimum atomic E-state index is -1.01. The van der Waals surface area contributed by atoms with Crippen molar-refractivity contribution in [3.05, 3.63) is 70.4 Å². The number of hydrogen-bond donors (Lipinski definition) is 1. The second-order valence-electron chi connectivity index (χ2n) is 7.68. The minimum Gasteiger partial charge on any atom is -0.356 e. The molecule has 0 saturated carbocycles. The van der Waals surface area contributed by atoms with E-state index in [1.807, 2.05) is 37.3 Å². The summed E-state index contributed by atoms with van der Waals surface area (Å²) >= 11 is 5.97. The highest BCUT2D eigenvalue weighted by Crippen LogP contribution is 2.42. The van der Waals surface area contributed by atoms with Gasteiger partial charge in [-0.25, -0.2) is 0 Å². The molecule has 0 bridgehead atoms. The number of carbonyl (C=O) groups is 2. The van der Waals surface area contributed by atoms with E-state index >= 15 is 0 Å². The molecule has 2 aliphatic heterocycles. The number of piperazine rings is 1. The van der Waals surface area contributed by atoms with Crippen molar-refractivity contribution in [3.8, 4) is 0 Å². The first kappa shape index (κ1) is 17.3. The number of benzene rings is 2. The number of rotatable bonds is 2. The highest BCUT2D eigenvalue weighted by atomic mass is 35.5. The number of hydrogen-bond acceptors (Lipinski definition) is 2. The molecule has 0 radical (unpaired) electrons. The van der Waals surface area contributed by atoms with E-state index in [0.29, 0.717) is 18.1 Å². The van der Waals surface area contributed by atoms with Crippen molar-refractivity contribution in [1.82, 2.24) is 14.8 Å². The van der Waals surface area contributed by atoms with Gasteiger partial charge in [0.05, 0.1) is 5.69 Å². The van der Waals surface area contributed by atoms with Crippen LogP contribution in [0.15, 0.2) is 48.5 Å². The summed E-state index contributed by atoms with van der Waals surface area (Å²) < 4.78 is 0. The summed E-state index contributed by atoms with van der Waals surface area (Å²) in [5.74, 6) is -0.0603. The Balaban J connectivity index is 1.58. The summed E-state index contributed by atoms with van der Waals surface area (Å²) in [6, 6.07) is 15.5. The Kier molecular flexibility index (Phi) is 3.78. The number of para-hydroxylation sites is 1. The van der Waals surface area contributed by atoms with Gasteiger partial charge in [-0.2, -0.15) is 0 Å². The van der Waals surface area contributed by atoms with E-state index in [2.05, 4.69) is 11.1 Å². The van der Waals surface area contributed by atoms with Gasteiger partial charge in [-0.1, -0.05) is 41.9 Å². The van der Waals surface area contributed by atoms with E-state index in [4.69, 9.17) is 11.6 Å². The highest BCUT2D eigenvalue weighted by Gasteiger charge is 2.53. The fourth-order valence-corrected chi connectivity index (χ4v) is 4.75. The van der Waals surface area contributed by atoms with Crippen LogP contribution in [0.4, 0.5) is 0 Å². The number of aromatic nitrogens is 1. The van der Waals surface area contributed by atoms with E-state index < -0.39 is 5.54 Å². The Morgan fingerprint density at radius 2 is 1.86 bits per heavy atom. The standard InChI is InChI=1S/C22H20ClN3O2/c1-22-20-17(16-4-2-3-5-18(16)24-20)10-11-26(22)19(27)13-25(21(22)28)12-14-6-8-15(23)9-7-14/h2-9,24H,10-13H2,1H3. The van der Waals surface area contributed by atoms with Crippen molar-refractivity contribution in [3.63, 3.8) is 0 Å². The van der Waals surface area contributed by atoms with Crippen molar-refractivity contribution in [2.75, 3.05) is 13.1 Å². The fourth-order valence-electron chi connectivity index (χ4n) is 4.62. The minimum absolute atomic E-state index is 0.0135. The van der Waals surface area contributed by atoms with Gasteiger partial charge in [0.15, 0.2) is 5.54 Å². The van der Waals surface area contributed by atoms with E-state index in [1.165, 1.54) is 0 Å². The second kappa shape index (κ2) is 6.11. The first-order valence-corrected chi connectivity index (χ1v) is 9.80. The Morgan fingerprint density at radius 1 is 1.11 bits per heavy atom. The van der Waals surface area contributed by atoms with Gasteiger partial charge in [-0.05, 0) is 42.7 Å². The van der Waals surface area contributed by atoms with Crippen LogP contribution in [0, 0.1) is 0 Å². The van der Waals surface area contributed by atoms with Crippen LogP contribution in [0.1, 0.15) is 23.7 Å². The molecule has 3 heterocycles. The van der Waals surface area contributed by atoms with Crippen molar-refractivity contribution in [1.29, 1.82) is 0 Å². The van der Waals surface area contributed by atoms with Gasteiger partial charge in [0.25, 0.3) is 5.91 Å². The molecule has 2 amide bonds. The van der Waals surface area contributed by atoms with Crippen LogP contribution in [0.2, 0.25) is 5.02 Å². The van der Waals surface area contributed by atoms with Crippen LogP contribution < -0.4 is 0 Å². The molecule has 1 unspecified atom stereocenters. The normalized spacial score (nSPS) is 21.8. The molecule has 1 fully saturated rings. The number of nitrogens with zero attached hydrogens (tertiary/aromatic N) is 2. The molecule has 2 aromatic carbocycles. The molecule has 0 spiro atoms. The average molecular weight is 394 g/mol. The van der Waals surface area contributed by atoms with E-state index in [0.717, 1.165) is 34.1 Å². The third-order valence-corrected chi connectivity index (χ3v) is 6.30. The van der Waals surface area contributed by atoms with Gasteiger partial charge in [0, 0.05) is 29.0 Å². The Bertz CT molecular complexity index is 1100. The lowest BCUT2D eigenvalue weighted by molar-refractivity contribution is -0.166. The number of aromatic amines is 1. The zero-order chi connectivity index (χ0) is 19.5.